The van der Waals surface area contributed by atoms with Crippen LogP contribution in [0.1, 0.15) is 30.9 Å². The van der Waals surface area contributed by atoms with Crippen LogP contribution in [0, 0.1) is 0 Å². The lowest BCUT2D eigenvalue weighted by Gasteiger charge is -2.25. The average molecular weight is 241 g/mol. The number of aromatic nitrogens is 3. The number of hydrogen-bond donors (Lipinski definition) is 3. The smallest absolute Gasteiger partial charge is 0.323 e. The maximum absolute atomic E-state index is 12.0. The zero-order chi connectivity index (χ0) is 13.0. The summed E-state index contributed by atoms with van der Waals surface area (Å²) in [5.41, 5.74) is 5.29. The number of nitrogens with two attached hydrogens (primary N) is 1. The van der Waals surface area contributed by atoms with Gasteiger partial charge in [-0.05, 0) is 13.3 Å². The van der Waals surface area contributed by atoms with E-state index in [0.29, 0.717) is 6.42 Å². The van der Waals surface area contributed by atoms with Crippen LogP contribution in [0.5, 0.6) is 0 Å². The summed E-state index contributed by atoms with van der Waals surface area (Å²) in [6.45, 7) is 3.25. The van der Waals surface area contributed by atoms with Crippen LogP contribution < -0.4 is 5.73 Å². The lowest BCUT2D eigenvalue weighted by Crippen LogP contribution is -2.42. The van der Waals surface area contributed by atoms with Gasteiger partial charge in [0.1, 0.15) is 6.54 Å². The third kappa shape index (κ3) is 3.16. The lowest BCUT2D eigenvalue weighted by molar-refractivity contribution is -0.138. The predicted octanol–water partition coefficient (Wildman–Crippen LogP) is -0.288. The molecule has 0 aliphatic rings. The van der Waals surface area contributed by atoms with Gasteiger partial charge in [0.15, 0.2) is 0 Å². The standard InChI is InChI=1S/C9H15N5O3/c1-3-5(2)14(4-6(15)16)8(17)7-11-9(10)13-12-7/h5H,3-4H2,1-2H3,(H,15,16)(H3,10,11,12,13). The van der Waals surface area contributed by atoms with E-state index in [1.807, 2.05) is 6.92 Å². The summed E-state index contributed by atoms with van der Waals surface area (Å²) < 4.78 is 0. The van der Waals surface area contributed by atoms with E-state index in [0.717, 1.165) is 0 Å². The molecule has 1 aromatic heterocycles. The number of aromatic amines is 1. The topological polar surface area (TPSA) is 125 Å². The summed E-state index contributed by atoms with van der Waals surface area (Å²) in [7, 11) is 0. The van der Waals surface area contributed by atoms with E-state index in [-0.39, 0.29) is 24.4 Å². The summed E-state index contributed by atoms with van der Waals surface area (Å²) in [5, 5.41) is 14.7. The number of nitrogens with zero attached hydrogens (tertiary/aromatic N) is 3. The molecule has 1 heterocycles. The second-order valence-electron chi connectivity index (χ2n) is 3.63. The average Bonchev–Trinajstić information content (AvgIpc) is 2.70. The van der Waals surface area contributed by atoms with E-state index < -0.39 is 11.9 Å². The zero-order valence-corrected chi connectivity index (χ0v) is 9.67. The zero-order valence-electron chi connectivity index (χ0n) is 9.67. The van der Waals surface area contributed by atoms with Crippen molar-refractivity contribution in [2.24, 2.45) is 0 Å². The summed E-state index contributed by atoms with van der Waals surface area (Å²) in [4.78, 5) is 27.6. The summed E-state index contributed by atoms with van der Waals surface area (Å²) in [6.07, 6.45) is 0.642. The fourth-order valence-corrected chi connectivity index (χ4v) is 1.30. The van der Waals surface area contributed by atoms with E-state index in [4.69, 9.17) is 10.8 Å². The van der Waals surface area contributed by atoms with Crippen molar-refractivity contribution in [2.75, 3.05) is 12.3 Å². The largest absolute Gasteiger partial charge is 0.480 e. The van der Waals surface area contributed by atoms with Gasteiger partial charge >= 0.3 is 5.97 Å². The van der Waals surface area contributed by atoms with Crippen LogP contribution in [0.15, 0.2) is 0 Å². The number of anilines is 1. The predicted molar refractivity (Wildman–Crippen MR) is 59.2 cm³/mol. The van der Waals surface area contributed by atoms with Gasteiger partial charge in [-0.3, -0.25) is 14.7 Å². The Hall–Kier alpha value is -2.12. The van der Waals surface area contributed by atoms with Crippen LogP contribution in [-0.4, -0.2) is 49.7 Å². The molecular formula is C9H15N5O3. The number of carboxylic acids is 1. The Labute approximate surface area is 97.8 Å². The SMILES string of the molecule is CCC(C)N(CC(=O)O)C(=O)c1nc(N)n[nH]1. The molecule has 1 atom stereocenters. The monoisotopic (exact) mass is 241 g/mol. The highest BCUT2D eigenvalue weighted by Crippen LogP contribution is 2.08. The summed E-state index contributed by atoms with van der Waals surface area (Å²) in [5.74, 6) is -1.70. The molecule has 0 saturated carbocycles. The molecular weight excluding hydrogens is 226 g/mol. The van der Waals surface area contributed by atoms with Crippen molar-refractivity contribution >= 4 is 17.8 Å². The third-order valence-corrected chi connectivity index (χ3v) is 2.39. The molecule has 0 radical (unpaired) electrons. The number of hydrogen-bond acceptors (Lipinski definition) is 5. The van der Waals surface area contributed by atoms with Gasteiger partial charge in [0.2, 0.25) is 11.8 Å². The van der Waals surface area contributed by atoms with E-state index >= 15 is 0 Å². The first-order chi connectivity index (χ1) is 7.95. The van der Waals surface area contributed by atoms with Gasteiger partial charge in [0, 0.05) is 6.04 Å². The maximum atomic E-state index is 12.0. The molecule has 0 fully saturated rings. The molecule has 0 saturated heterocycles. The second-order valence-corrected chi connectivity index (χ2v) is 3.63. The number of aliphatic carboxylic acids is 1. The minimum atomic E-state index is -1.08. The van der Waals surface area contributed by atoms with Gasteiger partial charge in [-0.15, -0.1) is 5.10 Å². The van der Waals surface area contributed by atoms with Crippen molar-refractivity contribution in [2.45, 2.75) is 26.3 Å². The van der Waals surface area contributed by atoms with E-state index in [1.54, 1.807) is 6.92 Å². The van der Waals surface area contributed by atoms with Gasteiger partial charge in [0.25, 0.3) is 5.91 Å². The molecule has 4 N–H and O–H groups in total. The van der Waals surface area contributed by atoms with E-state index in [1.165, 1.54) is 4.90 Å². The quantitative estimate of drug-likeness (QED) is 0.650. The molecule has 1 rings (SSSR count). The number of nitrogens with one attached hydrogen (secondary N) is 1. The van der Waals surface area contributed by atoms with Crippen molar-refractivity contribution < 1.29 is 14.7 Å². The molecule has 17 heavy (non-hydrogen) atoms. The number of carbonyl (C=O) groups excluding carboxylic acids is 1. The van der Waals surface area contributed by atoms with Crippen molar-refractivity contribution in [3.8, 4) is 0 Å². The van der Waals surface area contributed by atoms with Gasteiger partial charge in [-0.25, -0.2) is 0 Å². The van der Waals surface area contributed by atoms with Crippen molar-refractivity contribution in [3.05, 3.63) is 5.82 Å². The normalized spacial score (nSPS) is 12.1. The highest BCUT2D eigenvalue weighted by atomic mass is 16.4. The fraction of sp³-hybridized carbons (Fsp3) is 0.556. The molecule has 1 amide bonds. The number of amides is 1. The number of carbonyl (C=O) groups is 2. The van der Waals surface area contributed by atoms with E-state index in [2.05, 4.69) is 15.2 Å². The van der Waals surface area contributed by atoms with Crippen LogP contribution in [0.3, 0.4) is 0 Å². The number of rotatable bonds is 5. The first-order valence-corrected chi connectivity index (χ1v) is 5.16. The first-order valence-electron chi connectivity index (χ1n) is 5.16. The molecule has 1 aromatic rings. The van der Waals surface area contributed by atoms with Gasteiger partial charge in [-0.1, -0.05) is 6.92 Å². The van der Waals surface area contributed by atoms with Crippen molar-refractivity contribution in [1.29, 1.82) is 0 Å². The highest BCUT2D eigenvalue weighted by Gasteiger charge is 2.25. The Bertz CT molecular complexity index is 417. The maximum Gasteiger partial charge on any atom is 0.323 e. The van der Waals surface area contributed by atoms with Crippen LogP contribution in [0.2, 0.25) is 0 Å². The number of carboxylic acid groups (broad SMARTS) is 1. The molecule has 0 aliphatic heterocycles. The van der Waals surface area contributed by atoms with Crippen molar-refractivity contribution in [3.63, 3.8) is 0 Å². The summed E-state index contributed by atoms with van der Waals surface area (Å²) >= 11 is 0. The first kappa shape index (κ1) is 12.9. The van der Waals surface area contributed by atoms with Crippen LogP contribution >= 0.6 is 0 Å². The molecule has 0 aromatic carbocycles. The molecule has 0 bridgehead atoms. The molecule has 0 spiro atoms. The Morgan fingerprint density at radius 2 is 2.24 bits per heavy atom. The van der Waals surface area contributed by atoms with Gasteiger partial charge in [0.05, 0.1) is 0 Å². The molecule has 8 heteroatoms. The summed E-state index contributed by atoms with van der Waals surface area (Å²) in [6, 6.07) is -0.204. The van der Waals surface area contributed by atoms with Crippen LogP contribution in [0.4, 0.5) is 5.95 Å². The Morgan fingerprint density at radius 3 is 2.65 bits per heavy atom. The van der Waals surface area contributed by atoms with Gasteiger partial charge in [-0.2, -0.15) is 4.98 Å². The molecule has 1 unspecified atom stereocenters. The van der Waals surface area contributed by atoms with Crippen LogP contribution in [0.25, 0.3) is 0 Å². The minimum Gasteiger partial charge on any atom is -0.480 e. The van der Waals surface area contributed by atoms with Gasteiger partial charge < -0.3 is 15.7 Å². The van der Waals surface area contributed by atoms with Crippen molar-refractivity contribution in [1.82, 2.24) is 20.1 Å². The third-order valence-electron chi connectivity index (χ3n) is 2.39. The number of H-pyrrole nitrogens is 1. The highest BCUT2D eigenvalue weighted by molar-refractivity contribution is 5.92. The lowest BCUT2D eigenvalue weighted by atomic mass is 10.2. The number of nitrogen functional groups attached to an aromatic ring is 1. The molecule has 94 valence electrons. The fourth-order valence-electron chi connectivity index (χ4n) is 1.30. The second kappa shape index (κ2) is 5.28. The Balaban J connectivity index is 2.89. The Kier molecular flexibility index (Phi) is 4.02. The minimum absolute atomic E-state index is 0.0484. The molecule has 8 nitrogen and oxygen atoms in total. The van der Waals surface area contributed by atoms with Crippen LogP contribution in [-0.2, 0) is 4.79 Å². The molecule has 0 aliphatic carbocycles. The van der Waals surface area contributed by atoms with E-state index in [9.17, 15) is 9.59 Å². The Morgan fingerprint density at radius 1 is 1.59 bits per heavy atom.